The number of piperidine rings is 1. The third-order valence-corrected chi connectivity index (χ3v) is 5.10. The fraction of sp³-hybridized carbons (Fsp3) is 1.00. The first-order chi connectivity index (χ1) is 6.92. The van der Waals surface area contributed by atoms with Crippen molar-refractivity contribution in [1.29, 1.82) is 0 Å². The molecule has 1 atom stereocenters. The van der Waals surface area contributed by atoms with Crippen LogP contribution in [0.25, 0.3) is 0 Å². The van der Waals surface area contributed by atoms with Crippen LogP contribution in [0.1, 0.15) is 32.1 Å². The van der Waals surface area contributed by atoms with E-state index in [4.69, 9.17) is 0 Å². The molecule has 1 saturated carbocycles. The topological polar surface area (TPSA) is 57.6 Å². The second-order valence-corrected chi connectivity index (χ2v) is 6.90. The first-order valence-corrected chi connectivity index (χ1v) is 7.44. The third-order valence-electron chi connectivity index (χ3n) is 3.83. The van der Waals surface area contributed by atoms with Crippen molar-refractivity contribution in [3.8, 4) is 0 Å². The van der Waals surface area contributed by atoms with Gasteiger partial charge in [0.15, 0.2) is 0 Å². The normalized spacial score (nSPS) is 32.3. The lowest BCUT2D eigenvalue weighted by molar-refractivity contribution is -0.0959. The molecule has 15 heavy (non-hydrogen) atoms. The molecule has 0 aromatic rings. The third kappa shape index (κ3) is 2.19. The Labute approximate surface area is 91.3 Å². The minimum Gasteiger partial charge on any atom is -0.390 e. The van der Waals surface area contributed by atoms with Crippen LogP contribution >= 0.6 is 0 Å². The van der Waals surface area contributed by atoms with Gasteiger partial charge in [0.2, 0.25) is 10.0 Å². The summed E-state index contributed by atoms with van der Waals surface area (Å²) in [5.41, 5.74) is -0.566. The molecule has 4 nitrogen and oxygen atoms in total. The highest BCUT2D eigenvalue weighted by Crippen LogP contribution is 2.42. The Morgan fingerprint density at radius 1 is 1.33 bits per heavy atom. The molecule has 0 aromatic heterocycles. The van der Waals surface area contributed by atoms with Gasteiger partial charge in [-0.25, -0.2) is 12.7 Å². The van der Waals surface area contributed by atoms with E-state index in [0.29, 0.717) is 13.1 Å². The highest BCUT2D eigenvalue weighted by molar-refractivity contribution is 7.88. The van der Waals surface area contributed by atoms with Crippen LogP contribution in [-0.4, -0.2) is 42.8 Å². The number of hydrogen-bond donors (Lipinski definition) is 1. The first-order valence-electron chi connectivity index (χ1n) is 5.59. The van der Waals surface area contributed by atoms with E-state index in [0.717, 1.165) is 32.1 Å². The quantitative estimate of drug-likeness (QED) is 0.758. The average molecular weight is 233 g/mol. The van der Waals surface area contributed by atoms with E-state index < -0.39 is 15.6 Å². The van der Waals surface area contributed by atoms with Crippen molar-refractivity contribution < 1.29 is 13.5 Å². The van der Waals surface area contributed by atoms with Gasteiger partial charge in [-0.3, -0.25) is 0 Å². The van der Waals surface area contributed by atoms with E-state index >= 15 is 0 Å². The summed E-state index contributed by atoms with van der Waals surface area (Å²) < 4.78 is 24.3. The maximum Gasteiger partial charge on any atom is 0.211 e. The van der Waals surface area contributed by atoms with Gasteiger partial charge < -0.3 is 5.11 Å². The van der Waals surface area contributed by atoms with Crippen LogP contribution in [-0.2, 0) is 10.0 Å². The van der Waals surface area contributed by atoms with Crippen LogP contribution in [0.4, 0.5) is 0 Å². The monoisotopic (exact) mass is 233 g/mol. The Bertz CT molecular complexity index is 335. The summed E-state index contributed by atoms with van der Waals surface area (Å²) in [6.07, 6.45) is 5.85. The van der Waals surface area contributed by atoms with Gasteiger partial charge in [0, 0.05) is 19.0 Å². The molecule has 0 spiro atoms. The van der Waals surface area contributed by atoms with Crippen molar-refractivity contribution in [3.63, 3.8) is 0 Å². The van der Waals surface area contributed by atoms with Crippen molar-refractivity contribution in [2.75, 3.05) is 19.3 Å². The van der Waals surface area contributed by atoms with Gasteiger partial charge in [0.05, 0.1) is 11.9 Å². The average Bonchev–Trinajstić information content (AvgIpc) is 2.13. The summed E-state index contributed by atoms with van der Waals surface area (Å²) in [6.45, 7) is 1.13. The minimum atomic E-state index is -3.08. The molecule has 0 amide bonds. The Morgan fingerprint density at radius 2 is 2.00 bits per heavy atom. The Balaban J connectivity index is 2.04. The Kier molecular flexibility index (Phi) is 2.81. The second kappa shape index (κ2) is 3.71. The lowest BCUT2D eigenvalue weighted by Gasteiger charge is -2.46. The molecule has 2 aliphatic rings. The van der Waals surface area contributed by atoms with E-state index in [1.54, 1.807) is 0 Å². The molecular weight excluding hydrogens is 214 g/mol. The SMILES string of the molecule is CS(=O)(=O)N1CCCC(C2(O)CCC2)C1. The molecule has 2 fully saturated rings. The Hall–Kier alpha value is -0.130. The molecule has 2 rings (SSSR count). The van der Waals surface area contributed by atoms with Crippen molar-refractivity contribution in [3.05, 3.63) is 0 Å². The first kappa shape index (κ1) is 11.4. The molecule has 1 unspecified atom stereocenters. The minimum absolute atomic E-state index is 0.148. The van der Waals surface area contributed by atoms with Gasteiger partial charge in [0.25, 0.3) is 0 Å². The number of sulfonamides is 1. The molecule has 0 radical (unpaired) electrons. The van der Waals surface area contributed by atoms with Crippen LogP contribution in [0.3, 0.4) is 0 Å². The highest BCUT2D eigenvalue weighted by Gasteiger charge is 2.44. The van der Waals surface area contributed by atoms with Gasteiger partial charge >= 0.3 is 0 Å². The van der Waals surface area contributed by atoms with Crippen LogP contribution < -0.4 is 0 Å². The molecule has 1 aliphatic carbocycles. The molecule has 88 valence electrons. The summed E-state index contributed by atoms with van der Waals surface area (Å²) in [6, 6.07) is 0. The van der Waals surface area contributed by atoms with Crippen molar-refractivity contribution in [2.24, 2.45) is 5.92 Å². The largest absolute Gasteiger partial charge is 0.390 e. The summed E-state index contributed by atoms with van der Waals surface area (Å²) in [4.78, 5) is 0. The second-order valence-electron chi connectivity index (χ2n) is 4.92. The number of hydrogen-bond acceptors (Lipinski definition) is 3. The van der Waals surface area contributed by atoms with E-state index in [1.807, 2.05) is 0 Å². The number of rotatable bonds is 2. The zero-order valence-corrected chi connectivity index (χ0v) is 9.96. The summed E-state index contributed by atoms with van der Waals surface area (Å²) in [5, 5.41) is 10.2. The van der Waals surface area contributed by atoms with Gasteiger partial charge in [-0.15, -0.1) is 0 Å². The van der Waals surface area contributed by atoms with Crippen molar-refractivity contribution >= 4 is 10.0 Å². The molecule has 1 saturated heterocycles. The van der Waals surface area contributed by atoms with Crippen molar-refractivity contribution in [2.45, 2.75) is 37.7 Å². The summed E-state index contributed by atoms with van der Waals surface area (Å²) >= 11 is 0. The van der Waals surface area contributed by atoms with Crippen molar-refractivity contribution in [1.82, 2.24) is 4.31 Å². The summed E-state index contributed by atoms with van der Waals surface area (Å²) in [7, 11) is -3.08. The molecule has 1 aliphatic heterocycles. The van der Waals surface area contributed by atoms with Gasteiger partial charge in [0.1, 0.15) is 0 Å². The Morgan fingerprint density at radius 3 is 2.47 bits per heavy atom. The lowest BCUT2D eigenvalue weighted by Crippen LogP contribution is -2.52. The number of aliphatic hydroxyl groups is 1. The molecule has 0 aromatic carbocycles. The standard InChI is InChI=1S/C10H19NO3S/c1-15(13,14)11-7-2-4-9(8-11)10(12)5-3-6-10/h9,12H,2-8H2,1H3. The van der Waals surface area contributed by atoms with E-state index in [-0.39, 0.29) is 5.92 Å². The molecule has 1 N–H and O–H groups in total. The molecule has 1 heterocycles. The van der Waals surface area contributed by atoms with Crippen LogP contribution in [0.2, 0.25) is 0 Å². The van der Waals surface area contributed by atoms with Gasteiger partial charge in [-0.2, -0.15) is 0 Å². The lowest BCUT2D eigenvalue weighted by atomic mass is 9.69. The fourth-order valence-corrected chi connectivity index (χ4v) is 3.54. The zero-order chi connectivity index (χ0) is 11.1. The maximum atomic E-state index is 11.4. The van der Waals surface area contributed by atoms with Crippen LogP contribution in [0, 0.1) is 5.92 Å². The zero-order valence-electron chi connectivity index (χ0n) is 9.15. The number of nitrogens with zero attached hydrogens (tertiary/aromatic N) is 1. The predicted molar refractivity (Wildman–Crippen MR) is 57.9 cm³/mol. The van der Waals surface area contributed by atoms with Crippen LogP contribution in [0.5, 0.6) is 0 Å². The van der Waals surface area contributed by atoms with Gasteiger partial charge in [-0.05, 0) is 32.1 Å². The summed E-state index contributed by atoms with van der Waals surface area (Å²) in [5.74, 6) is 0.148. The van der Waals surface area contributed by atoms with E-state index in [2.05, 4.69) is 0 Å². The molecule has 0 bridgehead atoms. The highest BCUT2D eigenvalue weighted by atomic mass is 32.2. The molecular formula is C10H19NO3S. The van der Waals surface area contributed by atoms with E-state index in [9.17, 15) is 13.5 Å². The van der Waals surface area contributed by atoms with Crippen LogP contribution in [0.15, 0.2) is 0 Å². The van der Waals surface area contributed by atoms with E-state index in [1.165, 1.54) is 10.6 Å². The van der Waals surface area contributed by atoms with Gasteiger partial charge in [-0.1, -0.05) is 0 Å². The predicted octanol–water partition coefficient (Wildman–Crippen LogP) is 0.573. The fourth-order valence-electron chi connectivity index (χ4n) is 2.63. The maximum absolute atomic E-state index is 11.4. The smallest absolute Gasteiger partial charge is 0.211 e. The molecule has 5 heteroatoms.